The lowest BCUT2D eigenvalue weighted by Crippen LogP contribution is -2.29. The molecule has 0 saturated carbocycles. The predicted octanol–water partition coefficient (Wildman–Crippen LogP) is 2.08. The van der Waals surface area contributed by atoms with Gasteiger partial charge in [0, 0.05) is 18.0 Å². The highest BCUT2D eigenvalue weighted by molar-refractivity contribution is 7.09. The summed E-state index contributed by atoms with van der Waals surface area (Å²) in [5, 5.41) is 0. The molecule has 1 rings (SSSR count). The molecule has 4 nitrogen and oxygen atoms in total. The second kappa shape index (κ2) is 6.71. The van der Waals surface area contributed by atoms with Gasteiger partial charge in [0.25, 0.3) is 0 Å². The van der Waals surface area contributed by atoms with Crippen LogP contribution in [0.5, 0.6) is 0 Å². The van der Waals surface area contributed by atoms with Crippen LogP contribution in [0.3, 0.4) is 0 Å². The summed E-state index contributed by atoms with van der Waals surface area (Å²) in [4.78, 5) is 19.1. The fraction of sp³-hybridized carbons (Fsp3) is 0.667. The van der Waals surface area contributed by atoms with Crippen LogP contribution < -0.4 is 0 Å². The fourth-order valence-corrected chi connectivity index (χ4v) is 2.47. The molecule has 0 aliphatic heterocycles. The Hall–Kier alpha value is -0.940. The second-order valence-electron chi connectivity index (χ2n) is 4.21. The lowest BCUT2D eigenvalue weighted by atomic mass is 10.1. The molecule has 1 aromatic rings. The van der Waals surface area contributed by atoms with Crippen molar-refractivity contribution in [1.29, 1.82) is 0 Å². The van der Waals surface area contributed by atoms with Crippen LogP contribution >= 0.6 is 11.3 Å². The molecule has 0 aliphatic rings. The summed E-state index contributed by atoms with van der Waals surface area (Å²) < 4.78 is 4.99. The minimum Gasteiger partial charge on any atom is -0.466 e. The van der Waals surface area contributed by atoms with Crippen LogP contribution in [0.15, 0.2) is 5.51 Å². The third kappa shape index (κ3) is 4.44. The van der Waals surface area contributed by atoms with Gasteiger partial charge in [0.1, 0.15) is 0 Å². The van der Waals surface area contributed by atoms with Crippen LogP contribution in [0.2, 0.25) is 0 Å². The molecular formula is C12H20N2O2S. The molecule has 5 heteroatoms. The zero-order valence-electron chi connectivity index (χ0n) is 10.9. The van der Waals surface area contributed by atoms with E-state index in [1.807, 2.05) is 33.3 Å². The molecule has 1 heterocycles. The van der Waals surface area contributed by atoms with Gasteiger partial charge in [-0.25, -0.2) is 4.98 Å². The molecule has 17 heavy (non-hydrogen) atoms. The maximum Gasteiger partial charge on any atom is 0.309 e. The minimum absolute atomic E-state index is 0.0897. The van der Waals surface area contributed by atoms with Crippen LogP contribution in [0.4, 0.5) is 0 Å². The summed E-state index contributed by atoms with van der Waals surface area (Å²) in [6.07, 6.45) is 0. The van der Waals surface area contributed by atoms with Gasteiger partial charge in [0.15, 0.2) is 0 Å². The van der Waals surface area contributed by atoms with Crippen molar-refractivity contribution in [1.82, 2.24) is 9.88 Å². The first-order valence-corrected chi connectivity index (χ1v) is 6.66. The zero-order chi connectivity index (χ0) is 12.8. The summed E-state index contributed by atoms with van der Waals surface area (Å²) >= 11 is 1.65. The van der Waals surface area contributed by atoms with Gasteiger partial charge in [-0.3, -0.25) is 4.79 Å². The maximum atomic E-state index is 11.5. The van der Waals surface area contributed by atoms with Crippen LogP contribution in [-0.2, 0) is 16.1 Å². The largest absolute Gasteiger partial charge is 0.466 e. The fourth-order valence-electron chi connectivity index (χ4n) is 1.61. The SMILES string of the molecule is CCOC(=O)C(C)CN(C)Cc1scnc1C. The average Bonchev–Trinajstić information content (AvgIpc) is 2.64. The Morgan fingerprint density at radius 3 is 2.88 bits per heavy atom. The highest BCUT2D eigenvalue weighted by Crippen LogP contribution is 2.15. The van der Waals surface area contributed by atoms with Gasteiger partial charge in [-0.05, 0) is 20.9 Å². The van der Waals surface area contributed by atoms with Crippen molar-refractivity contribution in [3.05, 3.63) is 16.1 Å². The Kier molecular flexibility index (Phi) is 5.58. The van der Waals surface area contributed by atoms with E-state index >= 15 is 0 Å². The molecule has 0 fully saturated rings. The standard InChI is InChI=1S/C12H20N2O2S/c1-5-16-12(15)9(2)6-14(4)7-11-10(3)13-8-17-11/h8-9H,5-7H2,1-4H3. The number of hydrogen-bond acceptors (Lipinski definition) is 5. The lowest BCUT2D eigenvalue weighted by Gasteiger charge is -2.19. The number of nitrogens with zero attached hydrogens (tertiary/aromatic N) is 2. The molecule has 0 aliphatic carbocycles. The van der Waals surface area contributed by atoms with Gasteiger partial charge in [0.05, 0.1) is 23.7 Å². The number of thiazole rings is 1. The Bertz CT molecular complexity index is 365. The number of hydrogen-bond donors (Lipinski definition) is 0. The van der Waals surface area contributed by atoms with E-state index in [0.29, 0.717) is 13.2 Å². The quantitative estimate of drug-likeness (QED) is 0.731. The van der Waals surface area contributed by atoms with Crippen LogP contribution in [-0.4, -0.2) is 36.1 Å². The highest BCUT2D eigenvalue weighted by Gasteiger charge is 2.16. The molecule has 0 bridgehead atoms. The molecule has 1 atom stereocenters. The van der Waals surface area contributed by atoms with E-state index in [9.17, 15) is 4.79 Å². The number of rotatable bonds is 6. The van der Waals surface area contributed by atoms with Crippen molar-refractivity contribution in [3.8, 4) is 0 Å². The predicted molar refractivity (Wildman–Crippen MR) is 69.0 cm³/mol. The van der Waals surface area contributed by atoms with E-state index in [1.165, 1.54) is 4.88 Å². The Balaban J connectivity index is 2.41. The number of ether oxygens (including phenoxy) is 1. The summed E-state index contributed by atoms with van der Waals surface area (Å²) in [7, 11) is 2.01. The van der Waals surface area contributed by atoms with Gasteiger partial charge in [-0.15, -0.1) is 11.3 Å². The van der Waals surface area contributed by atoms with Crippen LogP contribution in [0, 0.1) is 12.8 Å². The number of esters is 1. The molecule has 0 N–H and O–H groups in total. The van der Waals surface area contributed by atoms with Crippen molar-refractivity contribution in [2.24, 2.45) is 5.92 Å². The van der Waals surface area contributed by atoms with Crippen LogP contribution in [0.25, 0.3) is 0 Å². The van der Waals surface area contributed by atoms with E-state index in [4.69, 9.17) is 4.74 Å². The molecule has 96 valence electrons. The van der Waals surface area contributed by atoms with E-state index in [-0.39, 0.29) is 11.9 Å². The van der Waals surface area contributed by atoms with E-state index in [0.717, 1.165) is 12.2 Å². The van der Waals surface area contributed by atoms with E-state index in [2.05, 4.69) is 9.88 Å². The zero-order valence-corrected chi connectivity index (χ0v) is 11.7. The summed E-state index contributed by atoms with van der Waals surface area (Å²) in [6.45, 7) is 7.72. The van der Waals surface area contributed by atoms with Gasteiger partial charge in [0.2, 0.25) is 0 Å². The minimum atomic E-state index is -0.125. The third-order valence-electron chi connectivity index (χ3n) is 2.53. The average molecular weight is 256 g/mol. The first kappa shape index (κ1) is 14.1. The van der Waals surface area contributed by atoms with Crippen molar-refractivity contribution in [3.63, 3.8) is 0 Å². The molecule has 0 spiro atoms. The Morgan fingerprint density at radius 2 is 2.35 bits per heavy atom. The van der Waals surface area contributed by atoms with E-state index in [1.54, 1.807) is 11.3 Å². The second-order valence-corrected chi connectivity index (χ2v) is 5.15. The van der Waals surface area contributed by atoms with Gasteiger partial charge in [-0.1, -0.05) is 6.92 Å². The molecule has 1 unspecified atom stereocenters. The Labute approximate surface area is 107 Å². The molecule has 0 saturated heterocycles. The van der Waals surface area contributed by atoms with Crippen LogP contribution in [0.1, 0.15) is 24.4 Å². The van der Waals surface area contributed by atoms with Gasteiger partial charge in [-0.2, -0.15) is 0 Å². The van der Waals surface area contributed by atoms with E-state index < -0.39 is 0 Å². The molecule has 1 aromatic heterocycles. The maximum absolute atomic E-state index is 11.5. The molecule has 0 radical (unpaired) electrons. The normalized spacial score (nSPS) is 12.8. The van der Waals surface area contributed by atoms with Gasteiger partial charge >= 0.3 is 5.97 Å². The highest BCUT2D eigenvalue weighted by atomic mass is 32.1. The summed E-state index contributed by atoms with van der Waals surface area (Å²) in [6, 6.07) is 0. The molecule has 0 amide bonds. The van der Waals surface area contributed by atoms with Crippen molar-refractivity contribution in [2.45, 2.75) is 27.3 Å². The number of carbonyl (C=O) groups is 1. The lowest BCUT2D eigenvalue weighted by molar-refractivity contribution is -0.147. The van der Waals surface area contributed by atoms with Crippen molar-refractivity contribution < 1.29 is 9.53 Å². The third-order valence-corrected chi connectivity index (χ3v) is 3.45. The van der Waals surface area contributed by atoms with Crippen molar-refractivity contribution in [2.75, 3.05) is 20.2 Å². The molecule has 0 aromatic carbocycles. The summed E-state index contributed by atoms with van der Waals surface area (Å²) in [5.41, 5.74) is 2.93. The monoisotopic (exact) mass is 256 g/mol. The topological polar surface area (TPSA) is 42.4 Å². The Morgan fingerprint density at radius 1 is 1.65 bits per heavy atom. The first-order valence-electron chi connectivity index (χ1n) is 5.78. The van der Waals surface area contributed by atoms with Gasteiger partial charge < -0.3 is 9.64 Å². The number of carbonyl (C=O) groups excluding carboxylic acids is 1. The number of aryl methyl sites for hydroxylation is 1. The molecular weight excluding hydrogens is 236 g/mol. The summed E-state index contributed by atoms with van der Waals surface area (Å²) in [5.74, 6) is -0.214. The number of aromatic nitrogens is 1. The smallest absolute Gasteiger partial charge is 0.309 e. The van der Waals surface area contributed by atoms with Crippen molar-refractivity contribution >= 4 is 17.3 Å². The first-order chi connectivity index (χ1) is 8.04.